The van der Waals surface area contributed by atoms with E-state index in [1.807, 2.05) is 32.2 Å². The van der Waals surface area contributed by atoms with Crippen LogP contribution in [0.5, 0.6) is 0 Å². The first kappa shape index (κ1) is 10.9. The Morgan fingerprint density at radius 2 is 2.12 bits per heavy atom. The number of benzene rings is 1. The molecular weight excluding hydrogens is 200 g/mol. The lowest BCUT2D eigenvalue weighted by molar-refractivity contribution is 0.0988. The molecule has 0 amide bonds. The van der Waals surface area contributed by atoms with Crippen molar-refractivity contribution in [2.45, 2.75) is 26.7 Å². The average Bonchev–Trinajstić information content (AvgIpc) is 2.64. The molecule has 0 atom stereocenters. The summed E-state index contributed by atoms with van der Waals surface area (Å²) in [6, 6.07) is 5.75. The number of aryl methyl sites for hydroxylation is 2. The van der Waals surface area contributed by atoms with Crippen LogP contribution in [0.3, 0.4) is 0 Å². The second kappa shape index (κ2) is 4.08. The van der Waals surface area contributed by atoms with Gasteiger partial charge in [0.25, 0.3) is 0 Å². The zero-order chi connectivity index (χ0) is 11.7. The molecule has 0 spiro atoms. The Morgan fingerprint density at radius 3 is 2.75 bits per heavy atom. The van der Waals surface area contributed by atoms with E-state index in [2.05, 4.69) is 16.5 Å². The molecule has 2 aromatic rings. The Kier molecular flexibility index (Phi) is 2.77. The molecule has 0 bridgehead atoms. The summed E-state index contributed by atoms with van der Waals surface area (Å²) in [7, 11) is 2.01. The standard InChI is InChI=1S/C13H16N2O/c1-4-12(16)9-6-7-11-10(8-9)14-13(5-2)15(11)3/h6-8H,4-5H2,1-3H3. The van der Waals surface area contributed by atoms with E-state index in [1.165, 1.54) is 0 Å². The van der Waals surface area contributed by atoms with Crippen LogP contribution < -0.4 is 0 Å². The lowest BCUT2D eigenvalue weighted by Crippen LogP contribution is -1.96. The fourth-order valence-corrected chi connectivity index (χ4v) is 1.94. The number of rotatable bonds is 3. The van der Waals surface area contributed by atoms with Crippen molar-refractivity contribution in [1.82, 2.24) is 9.55 Å². The summed E-state index contributed by atoms with van der Waals surface area (Å²) in [4.78, 5) is 16.1. The van der Waals surface area contributed by atoms with E-state index in [1.54, 1.807) is 0 Å². The van der Waals surface area contributed by atoms with Gasteiger partial charge in [-0.05, 0) is 18.2 Å². The summed E-state index contributed by atoms with van der Waals surface area (Å²) in [5.74, 6) is 1.22. The van der Waals surface area contributed by atoms with Gasteiger partial charge < -0.3 is 4.57 Å². The van der Waals surface area contributed by atoms with Crippen LogP contribution in [0.1, 0.15) is 36.5 Å². The van der Waals surface area contributed by atoms with Gasteiger partial charge in [0.1, 0.15) is 5.82 Å². The summed E-state index contributed by atoms with van der Waals surface area (Å²) in [5, 5.41) is 0. The van der Waals surface area contributed by atoms with Gasteiger partial charge in [0.05, 0.1) is 11.0 Å². The number of ketones is 1. The van der Waals surface area contributed by atoms with Crippen LogP contribution in [-0.4, -0.2) is 15.3 Å². The first-order valence-electron chi connectivity index (χ1n) is 5.66. The van der Waals surface area contributed by atoms with Gasteiger partial charge in [-0.25, -0.2) is 4.98 Å². The van der Waals surface area contributed by atoms with Crippen LogP contribution in [0.4, 0.5) is 0 Å². The number of hydrogen-bond donors (Lipinski definition) is 0. The van der Waals surface area contributed by atoms with E-state index in [0.29, 0.717) is 6.42 Å². The quantitative estimate of drug-likeness (QED) is 0.739. The number of imidazole rings is 1. The molecule has 2 rings (SSSR count). The largest absolute Gasteiger partial charge is 0.331 e. The van der Waals surface area contributed by atoms with E-state index in [9.17, 15) is 4.79 Å². The normalized spacial score (nSPS) is 10.9. The highest BCUT2D eigenvalue weighted by atomic mass is 16.1. The highest BCUT2D eigenvalue weighted by molar-refractivity contribution is 5.98. The number of Topliss-reactive ketones (excluding diaryl/α,β-unsaturated/α-hetero) is 1. The number of carbonyl (C=O) groups excluding carboxylic acids is 1. The van der Waals surface area contributed by atoms with Gasteiger partial charge in [-0.2, -0.15) is 0 Å². The van der Waals surface area contributed by atoms with Crippen LogP contribution in [0.2, 0.25) is 0 Å². The maximum Gasteiger partial charge on any atom is 0.162 e. The van der Waals surface area contributed by atoms with Crippen molar-refractivity contribution in [2.75, 3.05) is 0 Å². The smallest absolute Gasteiger partial charge is 0.162 e. The van der Waals surface area contributed by atoms with Gasteiger partial charge in [0.2, 0.25) is 0 Å². The van der Waals surface area contributed by atoms with E-state index in [0.717, 1.165) is 28.8 Å². The first-order chi connectivity index (χ1) is 7.67. The average molecular weight is 216 g/mol. The van der Waals surface area contributed by atoms with Crippen molar-refractivity contribution in [3.05, 3.63) is 29.6 Å². The van der Waals surface area contributed by atoms with E-state index >= 15 is 0 Å². The highest BCUT2D eigenvalue weighted by Crippen LogP contribution is 2.17. The third-order valence-electron chi connectivity index (χ3n) is 2.93. The zero-order valence-electron chi connectivity index (χ0n) is 9.95. The number of aromatic nitrogens is 2. The molecule has 0 saturated carbocycles. The SMILES string of the molecule is CCC(=O)c1ccc2c(c1)nc(CC)n2C. The molecular formula is C13H16N2O. The van der Waals surface area contributed by atoms with Gasteiger partial charge in [-0.1, -0.05) is 13.8 Å². The highest BCUT2D eigenvalue weighted by Gasteiger charge is 2.09. The molecule has 0 aliphatic heterocycles. The van der Waals surface area contributed by atoms with Gasteiger partial charge >= 0.3 is 0 Å². The van der Waals surface area contributed by atoms with Crippen molar-refractivity contribution in [3.63, 3.8) is 0 Å². The van der Waals surface area contributed by atoms with E-state index < -0.39 is 0 Å². The number of nitrogens with zero attached hydrogens (tertiary/aromatic N) is 2. The Balaban J connectivity index is 2.59. The third kappa shape index (κ3) is 1.62. The molecule has 1 aromatic carbocycles. The molecule has 1 aromatic heterocycles. The summed E-state index contributed by atoms with van der Waals surface area (Å²) in [6.07, 6.45) is 1.45. The number of fused-ring (bicyclic) bond motifs is 1. The Bertz CT molecular complexity index is 540. The van der Waals surface area contributed by atoms with Crippen molar-refractivity contribution < 1.29 is 4.79 Å². The minimum absolute atomic E-state index is 0.172. The molecule has 0 fully saturated rings. The van der Waals surface area contributed by atoms with Crippen LogP contribution >= 0.6 is 0 Å². The molecule has 0 saturated heterocycles. The lowest BCUT2D eigenvalue weighted by Gasteiger charge is -1.99. The summed E-state index contributed by atoms with van der Waals surface area (Å²) < 4.78 is 2.08. The predicted molar refractivity (Wildman–Crippen MR) is 64.7 cm³/mol. The van der Waals surface area contributed by atoms with E-state index in [4.69, 9.17) is 0 Å². The molecule has 84 valence electrons. The molecule has 0 radical (unpaired) electrons. The minimum atomic E-state index is 0.172. The molecule has 3 heteroatoms. The van der Waals surface area contributed by atoms with Crippen molar-refractivity contribution in [3.8, 4) is 0 Å². The van der Waals surface area contributed by atoms with Crippen molar-refractivity contribution in [1.29, 1.82) is 0 Å². The molecule has 16 heavy (non-hydrogen) atoms. The van der Waals surface area contributed by atoms with E-state index in [-0.39, 0.29) is 5.78 Å². The molecule has 3 nitrogen and oxygen atoms in total. The third-order valence-corrected chi connectivity index (χ3v) is 2.93. The maximum atomic E-state index is 11.6. The number of hydrogen-bond acceptors (Lipinski definition) is 2. The van der Waals surface area contributed by atoms with Gasteiger partial charge in [0, 0.05) is 25.5 Å². The fraction of sp³-hybridized carbons (Fsp3) is 0.385. The summed E-state index contributed by atoms with van der Waals surface area (Å²) >= 11 is 0. The molecule has 0 unspecified atom stereocenters. The van der Waals surface area contributed by atoms with Crippen LogP contribution in [-0.2, 0) is 13.5 Å². The minimum Gasteiger partial charge on any atom is -0.331 e. The van der Waals surface area contributed by atoms with Gasteiger partial charge in [-0.15, -0.1) is 0 Å². The Labute approximate surface area is 95.1 Å². The van der Waals surface area contributed by atoms with Crippen LogP contribution in [0.25, 0.3) is 11.0 Å². The summed E-state index contributed by atoms with van der Waals surface area (Å²) in [5.41, 5.74) is 2.76. The fourth-order valence-electron chi connectivity index (χ4n) is 1.94. The van der Waals surface area contributed by atoms with Crippen molar-refractivity contribution in [2.24, 2.45) is 7.05 Å². The monoisotopic (exact) mass is 216 g/mol. The summed E-state index contributed by atoms with van der Waals surface area (Å²) in [6.45, 7) is 3.96. The second-order valence-corrected chi connectivity index (χ2v) is 3.92. The van der Waals surface area contributed by atoms with Crippen molar-refractivity contribution >= 4 is 16.8 Å². The molecule has 1 heterocycles. The lowest BCUT2D eigenvalue weighted by atomic mass is 10.1. The van der Waals surface area contributed by atoms with Crippen LogP contribution in [0.15, 0.2) is 18.2 Å². The molecule has 0 aliphatic carbocycles. The van der Waals surface area contributed by atoms with Gasteiger partial charge in [0.15, 0.2) is 5.78 Å². The maximum absolute atomic E-state index is 11.6. The Hall–Kier alpha value is -1.64. The first-order valence-corrected chi connectivity index (χ1v) is 5.66. The number of carbonyl (C=O) groups is 1. The Morgan fingerprint density at radius 1 is 1.38 bits per heavy atom. The van der Waals surface area contributed by atoms with Gasteiger partial charge in [-0.3, -0.25) is 4.79 Å². The topological polar surface area (TPSA) is 34.9 Å². The molecule has 0 aliphatic rings. The second-order valence-electron chi connectivity index (χ2n) is 3.92. The molecule has 0 N–H and O–H groups in total. The van der Waals surface area contributed by atoms with Crippen LogP contribution in [0, 0.1) is 0 Å². The zero-order valence-corrected chi connectivity index (χ0v) is 9.95. The predicted octanol–water partition coefficient (Wildman–Crippen LogP) is 2.73.